The summed E-state index contributed by atoms with van der Waals surface area (Å²) < 4.78 is 1.88. The van der Waals surface area contributed by atoms with Gasteiger partial charge in [-0.3, -0.25) is 0 Å². The molecule has 2 heterocycles. The minimum atomic E-state index is 0.446. The summed E-state index contributed by atoms with van der Waals surface area (Å²) >= 11 is 1.48. The number of aromatic nitrogens is 5. The Kier molecular flexibility index (Phi) is 2.77. The van der Waals surface area contributed by atoms with Crippen molar-refractivity contribution in [3.8, 4) is 0 Å². The van der Waals surface area contributed by atoms with Crippen molar-refractivity contribution in [2.75, 3.05) is 0 Å². The Morgan fingerprint density at radius 1 is 1.41 bits per heavy atom. The fourth-order valence-electron chi connectivity index (χ4n) is 1.52. The molecule has 1 aliphatic rings. The summed E-state index contributed by atoms with van der Waals surface area (Å²) in [7, 11) is 0. The van der Waals surface area contributed by atoms with Crippen LogP contribution in [0.2, 0.25) is 0 Å². The van der Waals surface area contributed by atoms with Gasteiger partial charge in [0.25, 0.3) is 0 Å². The molecule has 2 aromatic heterocycles. The molecule has 2 aromatic rings. The first-order chi connectivity index (χ1) is 8.36. The largest absolute Gasteiger partial charge is 0.325 e. The van der Waals surface area contributed by atoms with Crippen LogP contribution in [0.5, 0.6) is 0 Å². The zero-order chi connectivity index (χ0) is 11.7. The summed E-state index contributed by atoms with van der Waals surface area (Å²) in [6.07, 6.45) is 2.32. The Morgan fingerprint density at radius 3 is 3.06 bits per heavy atom. The lowest BCUT2D eigenvalue weighted by Crippen LogP contribution is -2.01. The molecule has 17 heavy (non-hydrogen) atoms. The maximum atomic E-state index is 5.56. The molecule has 0 bridgehead atoms. The van der Waals surface area contributed by atoms with Gasteiger partial charge in [-0.05, 0) is 47.2 Å². The van der Waals surface area contributed by atoms with E-state index in [0.29, 0.717) is 12.6 Å². The van der Waals surface area contributed by atoms with E-state index < -0.39 is 0 Å². The molecule has 1 fully saturated rings. The number of hydrogen-bond donors (Lipinski definition) is 1. The second kappa shape index (κ2) is 4.42. The lowest BCUT2D eigenvalue weighted by atomic mass is 10.4. The Hall–Kier alpha value is -1.47. The second-order valence-electron chi connectivity index (χ2n) is 3.91. The van der Waals surface area contributed by atoms with Gasteiger partial charge in [0.2, 0.25) is 5.16 Å². The lowest BCUT2D eigenvalue weighted by Gasteiger charge is -2.02. The van der Waals surface area contributed by atoms with Crippen LogP contribution in [0.25, 0.3) is 0 Å². The maximum Gasteiger partial charge on any atom is 0.215 e. The number of nitrogens with two attached hydrogens (primary N) is 1. The smallest absolute Gasteiger partial charge is 0.215 e. The van der Waals surface area contributed by atoms with Gasteiger partial charge in [0.15, 0.2) is 0 Å². The Bertz CT molecular complexity index is 521. The number of hydrogen-bond acceptors (Lipinski definition) is 6. The van der Waals surface area contributed by atoms with Crippen molar-refractivity contribution < 1.29 is 0 Å². The zero-order valence-corrected chi connectivity index (χ0v) is 9.97. The van der Waals surface area contributed by atoms with Gasteiger partial charge in [0.1, 0.15) is 5.03 Å². The predicted molar refractivity (Wildman–Crippen MR) is 62.3 cm³/mol. The fourth-order valence-corrected chi connectivity index (χ4v) is 2.38. The molecule has 0 amide bonds. The van der Waals surface area contributed by atoms with E-state index in [-0.39, 0.29) is 0 Å². The molecule has 0 spiro atoms. The van der Waals surface area contributed by atoms with E-state index >= 15 is 0 Å². The number of nitrogens with zero attached hydrogens (tertiary/aromatic N) is 5. The van der Waals surface area contributed by atoms with Crippen LogP contribution in [0.15, 0.2) is 28.4 Å². The molecular weight excluding hydrogens is 236 g/mol. The summed E-state index contributed by atoms with van der Waals surface area (Å²) in [6, 6.07) is 6.28. The molecule has 0 radical (unpaired) electrons. The maximum absolute atomic E-state index is 5.56. The highest BCUT2D eigenvalue weighted by molar-refractivity contribution is 7.99. The average molecular weight is 248 g/mol. The SMILES string of the molecule is NCc1cccc(Sc2nnnn2C2CC2)n1. The predicted octanol–water partition coefficient (Wildman–Crippen LogP) is 1.01. The standard InChI is InChI=1S/C10H12N6S/c11-6-7-2-1-3-9(12-7)17-10-13-14-15-16(10)8-4-5-8/h1-3,8H,4-6,11H2. The van der Waals surface area contributed by atoms with Crippen molar-refractivity contribution in [2.45, 2.75) is 35.6 Å². The van der Waals surface area contributed by atoms with Crippen molar-refractivity contribution in [2.24, 2.45) is 5.73 Å². The van der Waals surface area contributed by atoms with Crippen LogP contribution in [0.4, 0.5) is 0 Å². The van der Waals surface area contributed by atoms with Gasteiger partial charge < -0.3 is 5.73 Å². The highest BCUT2D eigenvalue weighted by Crippen LogP contribution is 2.37. The van der Waals surface area contributed by atoms with Crippen LogP contribution in [0.1, 0.15) is 24.6 Å². The summed E-state index contributed by atoms with van der Waals surface area (Å²) in [5, 5.41) is 13.4. The normalized spacial score (nSPS) is 15.1. The van der Waals surface area contributed by atoms with Crippen LogP contribution in [-0.2, 0) is 6.54 Å². The molecular formula is C10H12N6S. The number of rotatable bonds is 4. The Balaban J connectivity index is 1.83. The zero-order valence-electron chi connectivity index (χ0n) is 9.15. The van der Waals surface area contributed by atoms with E-state index in [1.54, 1.807) is 0 Å². The van der Waals surface area contributed by atoms with E-state index in [1.807, 2.05) is 22.9 Å². The van der Waals surface area contributed by atoms with Crippen LogP contribution in [0.3, 0.4) is 0 Å². The Labute approximate surface area is 103 Å². The second-order valence-corrected chi connectivity index (χ2v) is 4.90. The van der Waals surface area contributed by atoms with Gasteiger partial charge in [-0.1, -0.05) is 6.07 Å². The van der Waals surface area contributed by atoms with Gasteiger partial charge in [-0.25, -0.2) is 9.67 Å². The Morgan fingerprint density at radius 2 is 2.29 bits per heavy atom. The molecule has 0 aliphatic heterocycles. The van der Waals surface area contributed by atoms with Gasteiger partial charge in [0, 0.05) is 6.54 Å². The fraction of sp³-hybridized carbons (Fsp3) is 0.400. The third kappa shape index (κ3) is 2.29. The molecule has 3 rings (SSSR count). The third-order valence-electron chi connectivity index (χ3n) is 2.54. The molecule has 1 saturated carbocycles. The van der Waals surface area contributed by atoms with Gasteiger partial charge in [0.05, 0.1) is 11.7 Å². The molecule has 0 aromatic carbocycles. The number of tetrazole rings is 1. The molecule has 0 saturated heterocycles. The minimum absolute atomic E-state index is 0.446. The van der Waals surface area contributed by atoms with Crippen LogP contribution in [-0.4, -0.2) is 25.2 Å². The average Bonchev–Trinajstić information content (AvgIpc) is 3.11. The van der Waals surface area contributed by atoms with Crippen LogP contribution in [0, 0.1) is 0 Å². The van der Waals surface area contributed by atoms with Crippen molar-refractivity contribution in [1.82, 2.24) is 25.2 Å². The molecule has 0 unspecified atom stereocenters. The first-order valence-electron chi connectivity index (χ1n) is 5.48. The summed E-state index contributed by atoms with van der Waals surface area (Å²) in [6.45, 7) is 0.446. The van der Waals surface area contributed by atoms with E-state index in [1.165, 1.54) is 11.8 Å². The van der Waals surface area contributed by atoms with Crippen molar-refractivity contribution in [3.63, 3.8) is 0 Å². The highest BCUT2D eigenvalue weighted by atomic mass is 32.2. The minimum Gasteiger partial charge on any atom is -0.325 e. The van der Waals surface area contributed by atoms with Gasteiger partial charge in [-0.15, -0.1) is 5.10 Å². The van der Waals surface area contributed by atoms with E-state index in [0.717, 1.165) is 28.7 Å². The van der Waals surface area contributed by atoms with Crippen molar-refractivity contribution in [3.05, 3.63) is 23.9 Å². The number of pyridine rings is 1. The topological polar surface area (TPSA) is 82.5 Å². The molecule has 7 heteroatoms. The third-order valence-corrected chi connectivity index (χ3v) is 3.43. The van der Waals surface area contributed by atoms with Crippen molar-refractivity contribution in [1.29, 1.82) is 0 Å². The quantitative estimate of drug-likeness (QED) is 0.869. The molecule has 88 valence electrons. The monoisotopic (exact) mass is 248 g/mol. The van der Waals surface area contributed by atoms with E-state index in [4.69, 9.17) is 5.73 Å². The molecule has 2 N–H and O–H groups in total. The van der Waals surface area contributed by atoms with Gasteiger partial charge in [-0.2, -0.15) is 0 Å². The molecule has 6 nitrogen and oxygen atoms in total. The van der Waals surface area contributed by atoms with E-state index in [9.17, 15) is 0 Å². The summed E-state index contributed by atoms with van der Waals surface area (Å²) in [4.78, 5) is 4.42. The first kappa shape index (κ1) is 10.7. The molecule has 0 atom stereocenters. The lowest BCUT2D eigenvalue weighted by molar-refractivity contribution is 0.565. The van der Waals surface area contributed by atoms with Crippen molar-refractivity contribution >= 4 is 11.8 Å². The first-order valence-corrected chi connectivity index (χ1v) is 6.30. The van der Waals surface area contributed by atoms with Crippen LogP contribution >= 0.6 is 11.8 Å². The molecule has 1 aliphatic carbocycles. The summed E-state index contributed by atoms with van der Waals surface area (Å²) in [5.74, 6) is 0. The summed E-state index contributed by atoms with van der Waals surface area (Å²) in [5.41, 5.74) is 6.44. The highest BCUT2D eigenvalue weighted by Gasteiger charge is 2.28. The van der Waals surface area contributed by atoms with E-state index in [2.05, 4.69) is 20.5 Å². The van der Waals surface area contributed by atoms with Crippen LogP contribution < -0.4 is 5.73 Å². The van der Waals surface area contributed by atoms with Gasteiger partial charge >= 0.3 is 0 Å².